The summed E-state index contributed by atoms with van der Waals surface area (Å²) in [5, 5.41) is 7.39. The molecule has 106 valence electrons. The van der Waals surface area contributed by atoms with Crippen molar-refractivity contribution in [2.75, 3.05) is 6.54 Å². The van der Waals surface area contributed by atoms with Crippen LogP contribution in [0.25, 0.3) is 11.4 Å². The Morgan fingerprint density at radius 2 is 2.20 bits per heavy atom. The number of hydrogen-bond acceptors (Lipinski definition) is 4. The molecule has 4 nitrogen and oxygen atoms in total. The zero-order chi connectivity index (χ0) is 14.1. The Morgan fingerprint density at radius 3 is 2.95 bits per heavy atom. The summed E-state index contributed by atoms with van der Waals surface area (Å²) >= 11 is 0. The molecule has 1 aromatic heterocycles. The number of aromatic nitrogens is 2. The standard InChI is InChI=1S/C15H18FN3O/c1-9-6-11(8-12(16)7-9)14-18-15(20-19-14)13-10(2)4-3-5-17-13/h6-8,10,13,17H,3-5H2,1-2H3. The highest BCUT2D eigenvalue weighted by Gasteiger charge is 2.27. The van der Waals surface area contributed by atoms with Crippen LogP contribution in [-0.4, -0.2) is 16.7 Å². The Balaban J connectivity index is 1.89. The van der Waals surface area contributed by atoms with Gasteiger partial charge in [0.1, 0.15) is 5.82 Å². The average molecular weight is 275 g/mol. The summed E-state index contributed by atoms with van der Waals surface area (Å²) in [4.78, 5) is 4.43. The molecule has 0 bridgehead atoms. The summed E-state index contributed by atoms with van der Waals surface area (Å²) in [6.07, 6.45) is 2.32. The molecule has 2 aromatic rings. The molecule has 0 aliphatic carbocycles. The first kappa shape index (κ1) is 13.2. The van der Waals surface area contributed by atoms with Crippen LogP contribution in [0, 0.1) is 18.7 Å². The number of piperidine rings is 1. The van der Waals surface area contributed by atoms with E-state index in [4.69, 9.17) is 4.52 Å². The van der Waals surface area contributed by atoms with Gasteiger partial charge in [0.05, 0.1) is 6.04 Å². The summed E-state index contributed by atoms with van der Waals surface area (Å²) in [5.74, 6) is 1.22. The number of hydrogen-bond donors (Lipinski definition) is 1. The molecule has 0 amide bonds. The monoisotopic (exact) mass is 275 g/mol. The van der Waals surface area contributed by atoms with Gasteiger partial charge in [0.2, 0.25) is 11.7 Å². The molecule has 0 saturated carbocycles. The fourth-order valence-corrected chi connectivity index (χ4v) is 2.72. The van der Waals surface area contributed by atoms with E-state index in [-0.39, 0.29) is 11.9 Å². The Morgan fingerprint density at radius 1 is 1.35 bits per heavy atom. The fourth-order valence-electron chi connectivity index (χ4n) is 2.72. The second-order valence-electron chi connectivity index (χ2n) is 5.52. The summed E-state index contributed by atoms with van der Waals surface area (Å²) in [7, 11) is 0. The van der Waals surface area contributed by atoms with Gasteiger partial charge in [-0.05, 0) is 56.0 Å². The van der Waals surface area contributed by atoms with Gasteiger partial charge in [-0.1, -0.05) is 12.1 Å². The Kier molecular flexibility index (Phi) is 3.53. The van der Waals surface area contributed by atoms with E-state index in [0.29, 0.717) is 23.2 Å². The quantitative estimate of drug-likeness (QED) is 0.914. The smallest absolute Gasteiger partial charge is 0.244 e. The molecule has 1 aliphatic heterocycles. The lowest BCUT2D eigenvalue weighted by atomic mass is 9.93. The summed E-state index contributed by atoms with van der Waals surface area (Å²) in [6, 6.07) is 4.86. The van der Waals surface area contributed by atoms with E-state index in [1.165, 1.54) is 18.6 Å². The molecule has 1 fully saturated rings. The van der Waals surface area contributed by atoms with E-state index < -0.39 is 0 Å². The largest absolute Gasteiger partial charge is 0.337 e. The van der Waals surface area contributed by atoms with Gasteiger partial charge in [0.25, 0.3) is 0 Å². The molecule has 1 aliphatic rings. The molecule has 5 heteroatoms. The molecule has 0 radical (unpaired) electrons. The van der Waals surface area contributed by atoms with Gasteiger partial charge in [0.15, 0.2) is 0 Å². The van der Waals surface area contributed by atoms with Gasteiger partial charge in [-0.3, -0.25) is 0 Å². The van der Waals surface area contributed by atoms with Crippen molar-refractivity contribution in [1.29, 1.82) is 0 Å². The Labute approximate surface area is 117 Å². The zero-order valence-corrected chi connectivity index (χ0v) is 11.7. The maximum atomic E-state index is 13.4. The van der Waals surface area contributed by atoms with Crippen molar-refractivity contribution < 1.29 is 8.91 Å². The zero-order valence-electron chi connectivity index (χ0n) is 11.7. The first-order valence-electron chi connectivity index (χ1n) is 6.98. The number of nitrogens with one attached hydrogen (secondary N) is 1. The number of aryl methyl sites for hydroxylation is 1. The van der Waals surface area contributed by atoms with Gasteiger partial charge in [-0.15, -0.1) is 0 Å². The highest BCUT2D eigenvalue weighted by Crippen LogP contribution is 2.29. The van der Waals surface area contributed by atoms with Crippen LogP contribution in [-0.2, 0) is 0 Å². The Bertz CT molecular complexity index is 591. The molecule has 2 atom stereocenters. The lowest BCUT2D eigenvalue weighted by molar-refractivity contribution is 0.239. The first-order chi connectivity index (χ1) is 9.63. The van der Waals surface area contributed by atoms with Crippen LogP contribution >= 0.6 is 0 Å². The fraction of sp³-hybridized carbons (Fsp3) is 0.467. The van der Waals surface area contributed by atoms with Crippen LogP contribution < -0.4 is 5.32 Å². The minimum Gasteiger partial charge on any atom is -0.337 e. The second-order valence-corrected chi connectivity index (χ2v) is 5.52. The van der Waals surface area contributed by atoms with Crippen molar-refractivity contribution in [3.05, 3.63) is 35.5 Å². The van der Waals surface area contributed by atoms with Crippen molar-refractivity contribution in [2.24, 2.45) is 5.92 Å². The molecule has 1 N–H and O–H groups in total. The molecule has 20 heavy (non-hydrogen) atoms. The number of halogens is 1. The van der Waals surface area contributed by atoms with Gasteiger partial charge in [-0.25, -0.2) is 4.39 Å². The van der Waals surface area contributed by atoms with E-state index >= 15 is 0 Å². The predicted molar refractivity (Wildman–Crippen MR) is 73.6 cm³/mol. The van der Waals surface area contributed by atoms with Gasteiger partial charge >= 0.3 is 0 Å². The first-order valence-corrected chi connectivity index (χ1v) is 6.98. The van der Waals surface area contributed by atoms with E-state index in [9.17, 15) is 4.39 Å². The van der Waals surface area contributed by atoms with Crippen molar-refractivity contribution in [2.45, 2.75) is 32.7 Å². The molecule has 2 unspecified atom stereocenters. The van der Waals surface area contributed by atoms with E-state index in [1.54, 1.807) is 0 Å². The van der Waals surface area contributed by atoms with Crippen LogP contribution in [0.5, 0.6) is 0 Å². The van der Waals surface area contributed by atoms with Crippen LogP contribution in [0.15, 0.2) is 22.7 Å². The normalized spacial score (nSPS) is 22.9. The lowest BCUT2D eigenvalue weighted by Gasteiger charge is -2.26. The second kappa shape index (κ2) is 5.32. The van der Waals surface area contributed by atoms with Crippen LogP contribution in [0.4, 0.5) is 4.39 Å². The summed E-state index contributed by atoms with van der Waals surface area (Å²) < 4.78 is 18.8. The molecular formula is C15H18FN3O. The van der Waals surface area contributed by atoms with Crippen LogP contribution in [0.1, 0.15) is 37.3 Å². The van der Waals surface area contributed by atoms with Crippen LogP contribution in [0.3, 0.4) is 0 Å². The third kappa shape index (κ3) is 2.58. The third-order valence-corrected chi connectivity index (χ3v) is 3.78. The molecular weight excluding hydrogens is 257 g/mol. The number of benzene rings is 1. The minimum absolute atomic E-state index is 0.0969. The molecule has 3 rings (SSSR count). The highest BCUT2D eigenvalue weighted by atomic mass is 19.1. The number of rotatable bonds is 2. The SMILES string of the molecule is Cc1cc(F)cc(-c2noc(C3NCCCC3C)n2)c1. The van der Waals surface area contributed by atoms with Crippen molar-refractivity contribution in [1.82, 2.24) is 15.5 Å². The number of nitrogens with zero attached hydrogens (tertiary/aromatic N) is 2. The van der Waals surface area contributed by atoms with Crippen molar-refractivity contribution >= 4 is 0 Å². The molecule has 2 heterocycles. The van der Waals surface area contributed by atoms with Crippen molar-refractivity contribution in [3.8, 4) is 11.4 Å². The van der Waals surface area contributed by atoms with E-state index in [2.05, 4.69) is 22.4 Å². The maximum absolute atomic E-state index is 13.4. The molecule has 0 spiro atoms. The lowest BCUT2D eigenvalue weighted by Crippen LogP contribution is -2.33. The average Bonchev–Trinajstić information content (AvgIpc) is 2.87. The summed E-state index contributed by atoms with van der Waals surface area (Å²) in [6.45, 7) is 4.98. The van der Waals surface area contributed by atoms with Gasteiger partial charge in [0, 0.05) is 5.56 Å². The topological polar surface area (TPSA) is 51.0 Å². The minimum atomic E-state index is -0.282. The molecule has 1 aromatic carbocycles. The van der Waals surface area contributed by atoms with Gasteiger partial charge in [-0.2, -0.15) is 4.98 Å². The van der Waals surface area contributed by atoms with E-state index in [0.717, 1.165) is 18.5 Å². The highest BCUT2D eigenvalue weighted by molar-refractivity contribution is 5.55. The third-order valence-electron chi connectivity index (χ3n) is 3.78. The predicted octanol–water partition coefficient (Wildman–Crippen LogP) is 3.24. The van der Waals surface area contributed by atoms with Gasteiger partial charge < -0.3 is 9.84 Å². The van der Waals surface area contributed by atoms with Crippen molar-refractivity contribution in [3.63, 3.8) is 0 Å². The van der Waals surface area contributed by atoms with E-state index in [1.807, 2.05) is 13.0 Å². The molecule has 1 saturated heterocycles. The maximum Gasteiger partial charge on any atom is 0.244 e. The van der Waals surface area contributed by atoms with Crippen LogP contribution in [0.2, 0.25) is 0 Å². The summed E-state index contributed by atoms with van der Waals surface area (Å²) in [5.41, 5.74) is 1.50. The Hall–Kier alpha value is -1.75.